The third-order valence-corrected chi connectivity index (χ3v) is 1.61. The monoisotopic (exact) mass is 100 g/mol. The van der Waals surface area contributed by atoms with E-state index in [0.29, 0.717) is 6.10 Å². The smallest absolute Gasteiger partial charge is 0.0620 e. The van der Waals surface area contributed by atoms with Gasteiger partial charge in [0.2, 0.25) is 0 Å². The van der Waals surface area contributed by atoms with E-state index >= 15 is 0 Å². The summed E-state index contributed by atoms with van der Waals surface area (Å²) in [5.74, 6) is 0.824. The van der Waals surface area contributed by atoms with Gasteiger partial charge in [-0.15, -0.1) is 0 Å². The first-order valence-electron chi connectivity index (χ1n) is 2.96. The van der Waals surface area contributed by atoms with Gasteiger partial charge in [-0.2, -0.15) is 0 Å². The molecular weight excluding hydrogens is 88.1 g/mol. The average Bonchev–Trinajstić information content (AvgIpc) is 1.65. The number of hydrogen-bond acceptors (Lipinski definition) is 1. The first kappa shape index (κ1) is 5.10. The van der Waals surface area contributed by atoms with Gasteiger partial charge in [0.05, 0.1) is 12.7 Å². The maximum atomic E-state index is 5.19. The van der Waals surface area contributed by atoms with Crippen LogP contribution in [0.25, 0.3) is 0 Å². The Labute approximate surface area is 44.7 Å². The Hall–Kier alpha value is -0.0400. The van der Waals surface area contributed by atoms with Crippen molar-refractivity contribution in [1.29, 1.82) is 0 Å². The zero-order valence-electron chi connectivity index (χ0n) is 4.98. The van der Waals surface area contributed by atoms with Crippen molar-refractivity contribution in [2.75, 3.05) is 6.61 Å². The number of ether oxygens (including phenoxy) is 1. The Morgan fingerprint density at radius 3 is 2.43 bits per heavy atom. The van der Waals surface area contributed by atoms with Gasteiger partial charge in [-0.3, -0.25) is 0 Å². The first-order valence-corrected chi connectivity index (χ1v) is 2.96. The molecule has 1 saturated heterocycles. The Morgan fingerprint density at radius 2 is 2.43 bits per heavy atom. The van der Waals surface area contributed by atoms with E-state index in [1.165, 1.54) is 6.42 Å². The summed E-state index contributed by atoms with van der Waals surface area (Å²) < 4.78 is 5.19. The molecule has 0 amide bonds. The summed E-state index contributed by atoms with van der Waals surface area (Å²) in [6.45, 7) is 5.39. The highest BCUT2D eigenvalue weighted by Gasteiger charge is 2.25. The predicted molar refractivity (Wildman–Crippen MR) is 29.2 cm³/mol. The minimum atomic E-state index is 0.583. The van der Waals surface area contributed by atoms with E-state index in [2.05, 4.69) is 13.8 Å². The van der Waals surface area contributed by atoms with Gasteiger partial charge in [0.15, 0.2) is 0 Å². The van der Waals surface area contributed by atoms with Crippen LogP contribution >= 0.6 is 0 Å². The van der Waals surface area contributed by atoms with Gasteiger partial charge in [0.25, 0.3) is 0 Å². The normalized spacial score (nSPS) is 40.3. The Kier molecular flexibility index (Phi) is 1.33. The molecule has 2 atom stereocenters. The largest absolute Gasteiger partial charge is 0.377 e. The fourth-order valence-corrected chi connectivity index (χ4v) is 0.945. The average molecular weight is 100 g/mol. The number of hydrogen-bond donors (Lipinski definition) is 0. The summed E-state index contributed by atoms with van der Waals surface area (Å²) in [4.78, 5) is 0. The van der Waals surface area contributed by atoms with E-state index in [1.807, 2.05) is 0 Å². The molecule has 1 aliphatic heterocycles. The lowest BCUT2D eigenvalue weighted by Gasteiger charge is -2.33. The first-order chi connectivity index (χ1) is 3.34. The quantitative estimate of drug-likeness (QED) is 0.484. The lowest BCUT2D eigenvalue weighted by Crippen LogP contribution is -2.36. The van der Waals surface area contributed by atoms with Gasteiger partial charge in [-0.25, -0.2) is 0 Å². The minimum Gasteiger partial charge on any atom is -0.377 e. The summed E-state index contributed by atoms with van der Waals surface area (Å²) in [6.07, 6.45) is 1.77. The molecule has 0 bridgehead atoms. The summed E-state index contributed by atoms with van der Waals surface area (Å²) >= 11 is 0. The van der Waals surface area contributed by atoms with Crippen molar-refractivity contribution in [1.82, 2.24) is 0 Å². The van der Waals surface area contributed by atoms with Gasteiger partial charge < -0.3 is 4.74 Å². The van der Waals surface area contributed by atoms with E-state index in [9.17, 15) is 0 Å². The Bertz CT molecular complexity index is 59.2. The van der Waals surface area contributed by atoms with Crippen LogP contribution in [0.5, 0.6) is 0 Å². The Morgan fingerprint density at radius 1 is 1.71 bits per heavy atom. The van der Waals surface area contributed by atoms with Gasteiger partial charge in [0.1, 0.15) is 0 Å². The van der Waals surface area contributed by atoms with Crippen LogP contribution in [-0.4, -0.2) is 12.7 Å². The topological polar surface area (TPSA) is 9.23 Å². The molecule has 0 N–H and O–H groups in total. The SMILES string of the molecule is CCC1OC[C@H]1C. The van der Waals surface area contributed by atoms with Gasteiger partial charge in [0, 0.05) is 5.92 Å². The molecule has 0 spiro atoms. The molecule has 1 aliphatic rings. The lowest BCUT2D eigenvalue weighted by molar-refractivity contribution is -0.107. The van der Waals surface area contributed by atoms with Gasteiger partial charge in [-0.05, 0) is 6.42 Å². The zero-order valence-corrected chi connectivity index (χ0v) is 4.98. The van der Waals surface area contributed by atoms with Crippen LogP contribution < -0.4 is 0 Å². The summed E-state index contributed by atoms with van der Waals surface area (Å²) in [5.41, 5.74) is 0. The zero-order chi connectivity index (χ0) is 5.28. The molecule has 1 heteroatoms. The van der Waals surface area contributed by atoms with Crippen molar-refractivity contribution < 1.29 is 4.74 Å². The van der Waals surface area contributed by atoms with Crippen molar-refractivity contribution in [3.63, 3.8) is 0 Å². The highest BCUT2D eigenvalue weighted by atomic mass is 16.5. The third kappa shape index (κ3) is 0.778. The molecule has 1 nitrogen and oxygen atoms in total. The molecule has 1 fully saturated rings. The van der Waals surface area contributed by atoms with Crippen molar-refractivity contribution >= 4 is 0 Å². The van der Waals surface area contributed by atoms with E-state index in [-0.39, 0.29) is 0 Å². The van der Waals surface area contributed by atoms with Crippen LogP contribution in [-0.2, 0) is 4.74 Å². The maximum absolute atomic E-state index is 5.19. The van der Waals surface area contributed by atoms with E-state index in [1.54, 1.807) is 0 Å². The van der Waals surface area contributed by atoms with E-state index in [4.69, 9.17) is 4.74 Å². The molecule has 0 radical (unpaired) electrons. The van der Waals surface area contributed by atoms with Crippen LogP contribution in [0.4, 0.5) is 0 Å². The standard InChI is InChI=1S/C6H12O/c1-3-6-5(2)4-7-6/h5-6H,3-4H2,1-2H3/t5-,6?/m1/s1. The molecule has 1 heterocycles. The van der Waals surface area contributed by atoms with Gasteiger partial charge >= 0.3 is 0 Å². The van der Waals surface area contributed by atoms with Crippen LogP contribution in [0.1, 0.15) is 20.3 Å². The van der Waals surface area contributed by atoms with Crippen molar-refractivity contribution in [2.24, 2.45) is 5.92 Å². The molecule has 1 unspecified atom stereocenters. The van der Waals surface area contributed by atoms with Crippen LogP contribution in [0.3, 0.4) is 0 Å². The molecule has 1 rings (SSSR count). The molecule has 0 aromatic rings. The van der Waals surface area contributed by atoms with Crippen molar-refractivity contribution in [3.8, 4) is 0 Å². The van der Waals surface area contributed by atoms with Crippen molar-refractivity contribution in [3.05, 3.63) is 0 Å². The molecule has 0 aliphatic carbocycles. The summed E-state index contributed by atoms with van der Waals surface area (Å²) in [6, 6.07) is 0. The van der Waals surface area contributed by atoms with Crippen LogP contribution in [0.15, 0.2) is 0 Å². The number of rotatable bonds is 1. The third-order valence-electron chi connectivity index (χ3n) is 1.61. The predicted octanol–water partition coefficient (Wildman–Crippen LogP) is 1.43. The minimum absolute atomic E-state index is 0.583. The maximum Gasteiger partial charge on any atom is 0.0620 e. The van der Waals surface area contributed by atoms with E-state index < -0.39 is 0 Å². The molecule has 0 saturated carbocycles. The summed E-state index contributed by atoms with van der Waals surface area (Å²) in [5, 5.41) is 0. The second-order valence-electron chi connectivity index (χ2n) is 2.26. The fraction of sp³-hybridized carbons (Fsp3) is 1.00. The Balaban J connectivity index is 2.16. The molecule has 0 aromatic heterocycles. The van der Waals surface area contributed by atoms with Crippen LogP contribution in [0.2, 0.25) is 0 Å². The molecule has 0 aromatic carbocycles. The molecule has 42 valence electrons. The van der Waals surface area contributed by atoms with Gasteiger partial charge in [-0.1, -0.05) is 13.8 Å². The molecular formula is C6H12O. The fourth-order valence-electron chi connectivity index (χ4n) is 0.945. The highest BCUT2D eigenvalue weighted by Crippen LogP contribution is 2.21. The van der Waals surface area contributed by atoms with E-state index in [0.717, 1.165) is 12.5 Å². The second kappa shape index (κ2) is 1.83. The van der Waals surface area contributed by atoms with Crippen molar-refractivity contribution in [2.45, 2.75) is 26.4 Å². The molecule has 7 heavy (non-hydrogen) atoms. The summed E-state index contributed by atoms with van der Waals surface area (Å²) in [7, 11) is 0. The highest BCUT2D eigenvalue weighted by molar-refractivity contribution is 4.72. The second-order valence-corrected chi connectivity index (χ2v) is 2.26. The lowest BCUT2D eigenvalue weighted by atomic mass is 9.99. The van der Waals surface area contributed by atoms with Crippen LogP contribution in [0, 0.1) is 5.92 Å².